The summed E-state index contributed by atoms with van der Waals surface area (Å²) < 4.78 is 1.74. The monoisotopic (exact) mass is 343 g/mol. The van der Waals surface area contributed by atoms with Crippen LogP contribution in [0.5, 0.6) is 5.75 Å². The number of aryl methyl sites for hydroxylation is 1. The van der Waals surface area contributed by atoms with Crippen molar-refractivity contribution in [1.29, 1.82) is 0 Å². The number of rotatable bonds is 3. The number of urea groups is 1. The second-order valence-corrected chi connectivity index (χ2v) is 5.84. The van der Waals surface area contributed by atoms with E-state index in [2.05, 4.69) is 10.4 Å². The van der Waals surface area contributed by atoms with Crippen LogP contribution in [0, 0.1) is 0 Å². The van der Waals surface area contributed by atoms with Crippen LogP contribution in [0.3, 0.4) is 0 Å². The maximum absolute atomic E-state index is 12.4. The van der Waals surface area contributed by atoms with Gasteiger partial charge in [-0.1, -0.05) is 6.07 Å². The number of amides is 3. The van der Waals surface area contributed by atoms with Crippen molar-refractivity contribution in [2.75, 3.05) is 31.5 Å². The van der Waals surface area contributed by atoms with Crippen molar-refractivity contribution in [3.8, 4) is 5.75 Å². The summed E-state index contributed by atoms with van der Waals surface area (Å²) in [5.74, 6) is -0.0725. The molecule has 132 valence electrons. The zero-order chi connectivity index (χ0) is 17.8. The minimum Gasteiger partial charge on any atom is -0.508 e. The first kappa shape index (κ1) is 16.8. The molecule has 0 aliphatic carbocycles. The van der Waals surface area contributed by atoms with Crippen molar-refractivity contribution in [2.45, 2.75) is 13.5 Å². The van der Waals surface area contributed by atoms with Crippen LogP contribution in [0.1, 0.15) is 17.3 Å². The lowest BCUT2D eigenvalue weighted by Gasteiger charge is -2.34. The third-order valence-electron chi connectivity index (χ3n) is 4.16. The lowest BCUT2D eigenvalue weighted by molar-refractivity contribution is 0.0671. The van der Waals surface area contributed by atoms with Crippen LogP contribution in [-0.2, 0) is 6.54 Å². The maximum Gasteiger partial charge on any atom is 0.322 e. The normalized spacial score (nSPS) is 14.4. The van der Waals surface area contributed by atoms with Gasteiger partial charge in [0.1, 0.15) is 5.75 Å². The Kier molecular flexibility index (Phi) is 4.87. The molecule has 1 fully saturated rings. The van der Waals surface area contributed by atoms with E-state index >= 15 is 0 Å². The quantitative estimate of drug-likeness (QED) is 0.886. The van der Waals surface area contributed by atoms with Gasteiger partial charge in [0, 0.05) is 44.5 Å². The molecule has 0 radical (unpaired) electrons. The minimum absolute atomic E-state index is 0.0662. The lowest BCUT2D eigenvalue weighted by atomic mass is 10.1. The predicted octanol–water partition coefficient (Wildman–Crippen LogP) is 1.60. The Morgan fingerprint density at radius 3 is 2.56 bits per heavy atom. The number of anilines is 1. The molecular formula is C17H21N5O3. The van der Waals surface area contributed by atoms with E-state index in [0.717, 1.165) is 6.54 Å². The number of phenolic OH excluding ortho intramolecular Hbond substituents is 1. The molecule has 1 saturated heterocycles. The highest BCUT2D eigenvalue weighted by Crippen LogP contribution is 2.15. The molecule has 1 aromatic heterocycles. The second kappa shape index (κ2) is 7.25. The van der Waals surface area contributed by atoms with Crippen molar-refractivity contribution < 1.29 is 14.7 Å². The van der Waals surface area contributed by atoms with E-state index < -0.39 is 0 Å². The maximum atomic E-state index is 12.4. The third-order valence-corrected chi connectivity index (χ3v) is 4.16. The molecule has 2 heterocycles. The van der Waals surface area contributed by atoms with Crippen molar-refractivity contribution in [3.05, 3.63) is 42.2 Å². The molecule has 1 aliphatic rings. The molecule has 8 nitrogen and oxygen atoms in total. The van der Waals surface area contributed by atoms with Crippen LogP contribution < -0.4 is 5.32 Å². The molecule has 25 heavy (non-hydrogen) atoms. The molecule has 2 aromatic rings. The minimum atomic E-state index is -0.194. The van der Waals surface area contributed by atoms with Crippen LogP contribution in [-0.4, -0.2) is 62.8 Å². The molecule has 0 unspecified atom stereocenters. The van der Waals surface area contributed by atoms with Crippen LogP contribution in [0.25, 0.3) is 0 Å². The summed E-state index contributed by atoms with van der Waals surface area (Å²) in [6.45, 7) is 4.54. The molecule has 0 atom stereocenters. The van der Waals surface area contributed by atoms with Crippen LogP contribution in [0.4, 0.5) is 10.5 Å². The summed E-state index contributed by atoms with van der Waals surface area (Å²) in [7, 11) is 0. The van der Waals surface area contributed by atoms with Crippen LogP contribution >= 0.6 is 0 Å². The van der Waals surface area contributed by atoms with Crippen molar-refractivity contribution in [3.63, 3.8) is 0 Å². The highest BCUT2D eigenvalue weighted by molar-refractivity contribution is 5.95. The zero-order valence-corrected chi connectivity index (χ0v) is 14.1. The molecule has 8 heteroatoms. The van der Waals surface area contributed by atoms with Gasteiger partial charge in [-0.05, 0) is 25.1 Å². The summed E-state index contributed by atoms with van der Waals surface area (Å²) in [5.41, 5.74) is 1.11. The Labute approximate surface area is 145 Å². The molecular weight excluding hydrogens is 322 g/mol. The Morgan fingerprint density at radius 2 is 1.92 bits per heavy atom. The Bertz CT molecular complexity index is 765. The van der Waals surface area contributed by atoms with Gasteiger partial charge in [-0.2, -0.15) is 5.10 Å². The molecule has 2 N–H and O–H groups in total. The average Bonchev–Trinajstić information content (AvgIpc) is 3.09. The number of phenols is 1. The molecule has 3 rings (SSSR count). The molecule has 1 aromatic carbocycles. The number of hydrogen-bond acceptors (Lipinski definition) is 4. The van der Waals surface area contributed by atoms with Gasteiger partial charge < -0.3 is 20.2 Å². The number of benzene rings is 1. The Hall–Kier alpha value is -3.03. The number of carbonyl (C=O) groups is 2. The van der Waals surface area contributed by atoms with Crippen LogP contribution in [0.2, 0.25) is 0 Å². The SMILES string of the molecule is CCn1cc(NC(=O)N2CCN(C(=O)c3cccc(O)c3)CC2)cn1. The number of carbonyl (C=O) groups excluding carboxylic acids is 2. The largest absolute Gasteiger partial charge is 0.508 e. The number of nitrogens with one attached hydrogen (secondary N) is 1. The van der Waals surface area contributed by atoms with Gasteiger partial charge in [0.25, 0.3) is 5.91 Å². The van der Waals surface area contributed by atoms with Gasteiger partial charge in [0.15, 0.2) is 0 Å². The second-order valence-electron chi connectivity index (χ2n) is 5.84. The van der Waals surface area contributed by atoms with Gasteiger partial charge >= 0.3 is 6.03 Å². The molecule has 0 spiro atoms. The summed E-state index contributed by atoms with van der Waals surface area (Å²) in [4.78, 5) is 28.1. The van der Waals surface area contributed by atoms with E-state index in [1.165, 1.54) is 12.1 Å². The topological polar surface area (TPSA) is 90.7 Å². The fraction of sp³-hybridized carbons (Fsp3) is 0.353. The summed E-state index contributed by atoms with van der Waals surface area (Å²) in [6, 6.07) is 6.10. The Morgan fingerprint density at radius 1 is 1.20 bits per heavy atom. The molecule has 0 saturated carbocycles. The predicted molar refractivity (Wildman–Crippen MR) is 92.5 cm³/mol. The van der Waals surface area contributed by atoms with Crippen molar-refractivity contribution in [1.82, 2.24) is 19.6 Å². The average molecular weight is 343 g/mol. The first-order chi connectivity index (χ1) is 12.1. The number of aromatic nitrogens is 2. The van der Waals surface area contributed by atoms with Gasteiger partial charge in [-0.15, -0.1) is 0 Å². The van der Waals surface area contributed by atoms with Gasteiger partial charge in [0.05, 0.1) is 11.9 Å². The van der Waals surface area contributed by atoms with Gasteiger partial charge in [-0.25, -0.2) is 4.79 Å². The highest BCUT2D eigenvalue weighted by Gasteiger charge is 2.25. The van der Waals surface area contributed by atoms with Crippen molar-refractivity contribution in [2.24, 2.45) is 0 Å². The summed E-state index contributed by atoms with van der Waals surface area (Å²) in [6.07, 6.45) is 3.39. The van der Waals surface area contributed by atoms with Crippen LogP contribution in [0.15, 0.2) is 36.7 Å². The highest BCUT2D eigenvalue weighted by atomic mass is 16.3. The summed E-state index contributed by atoms with van der Waals surface area (Å²) in [5, 5.41) is 16.4. The first-order valence-corrected chi connectivity index (χ1v) is 8.23. The number of hydrogen-bond donors (Lipinski definition) is 2. The van der Waals surface area contributed by atoms with E-state index in [-0.39, 0.29) is 17.7 Å². The first-order valence-electron chi connectivity index (χ1n) is 8.23. The van der Waals surface area contributed by atoms with E-state index in [1.807, 2.05) is 6.92 Å². The summed E-state index contributed by atoms with van der Waals surface area (Å²) >= 11 is 0. The number of piperazine rings is 1. The van der Waals surface area contributed by atoms with Gasteiger partial charge in [-0.3, -0.25) is 9.48 Å². The van der Waals surface area contributed by atoms with Crippen molar-refractivity contribution >= 4 is 17.6 Å². The van der Waals surface area contributed by atoms with E-state index in [1.54, 1.807) is 39.0 Å². The smallest absolute Gasteiger partial charge is 0.322 e. The number of aromatic hydroxyl groups is 1. The molecule has 0 bridgehead atoms. The van der Waals surface area contributed by atoms with E-state index in [9.17, 15) is 14.7 Å². The van der Waals surface area contributed by atoms with E-state index in [4.69, 9.17) is 0 Å². The standard InChI is InChI=1S/C17H21N5O3/c1-2-22-12-14(11-18-22)19-17(25)21-8-6-20(7-9-21)16(24)13-4-3-5-15(23)10-13/h3-5,10-12,23H,2,6-9H2,1H3,(H,19,25). The fourth-order valence-electron chi connectivity index (χ4n) is 2.74. The van der Waals surface area contributed by atoms with Gasteiger partial charge in [0.2, 0.25) is 0 Å². The third kappa shape index (κ3) is 3.90. The fourth-order valence-corrected chi connectivity index (χ4v) is 2.74. The zero-order valence-electron chi connectivity index (χ0n) is 14.1. The molecule has 3 amide bonds. The Balaban J connectivity index is 1.54. The lowest BCUT2D eigenvalue weighted by Crippen LogP contribution is -2.51. The van der Waals surface area contributed by atoms with E-state index in [0.29, 0.717) is 37.4 Å². The number of nitrogens with zero attached hydrogens (tertiary/aromatic N) is 4. The molecule has 1 aliphatic heterocycles.